The van der Waals surface area contributed by atoms with E-state index in [1.807, 2.05) is 0 Å². The number of nitrogens with one attached hydrogen (secondary N) is 2. The molecule has 0 aromatic carbocycles. The van der Waals surface area contributed by atoms with Crippen molar-refractivity contribution in [3.63, 3.8) is 0 Å². The van der Waals surface area contributed by atoms with Crippen molar-refractivity contribution in [1.82, 2.24) is 15.3 Å². The predicted octanol–water partition coefficient (Wildman–Crippen LogP) is 1.93. The molecule has 0 aliphatic rings. The summed E-state index contributed by atoms with van der Waals surface area (Å²) in [4.78, 5) is 7.84. The van der Waals surface area contributed by atoms with E-state index >= 15 is 0 Å². The molecule has 0 unspecified atom stereocenters. The van der Waals surface area contributed by atoms with Gasteiger partial charge in [0.15, 0.2) is 0 Å². The average molecular weight is 229 g/mol. The largest absolute Gasteiger partial charge is 0.367 e. The number of nitrogens with zero attached hydrogens (tertiary/aromatic N) is 2. The smallest absolute Gasteiger partial charge is 0.148 e. The fourth-order valence-corrected chi connectivity index (χ4v) is 1.23. The maximum atomic E-state index is 5.89. The van der Waals surface area contributed by atoms with E-state index in [1.54, 1.807) is 6.20 Å². The lowest BCUT2D eigenvalue weighted by atomic mass is 10.1. The van der Waals surface area contributed by atoms with Gasteiger partial charge in [-0.1, -0.05) is 11.6 Å². The fourth-order valence-electron chi connectivity index (χ4n) is 1.06. The first-order chi connectivity index (χ1) is 6.99. The third kappa shape index (κ3) is 4.95. The van der Waals surface area contributed by atoms with Crippen molar-refractivity contribution in [1.29, 1.82) is 0 Å². The zero-order valence-corrected chi connectivity index (χ0v) is 10.1. The van der Waals surface area contributed by atoms with Crippen LogP contribution in [0.2, 0.25) is 5.02 Å². The average Bonchev–Trinajstić information content (AvgIpc) is 2.13. The molecule has 1 rings (SSSR count). The second kappa shape index (κ2) is 5.28. The van der Waals surface area contributed by atoms with Gasteiger partial charge >= 0.3 is 0 Å². The Kier molecular flexibility index (Phi) is 4.29. The van der Waals surface area contributed by atoms with Gasteiger partial charge in [-0.2, -0.15) is 0 Å². The molecule has 0 fully saturated rings. The molecule has 1 heterocycles. The lowest BCUT2D eigenvalue weighted by Gasteiger charge is -2.20. The Balaban J connectivity index is 2.30. The number of rotatable bonds is 4. The predicted molar refractivity (Wildman–Crippen MR) is 63.3 cm³/mol. The number of anilines is 1. The summed E-state index contributed by atoms with van der Waals surface area (Å²) in [5.41, 5.74) is 0.136. The monoisotopic (exact) mass is 228 g/mol. The highest BCUT2D eigenvalue weighted by Gasteiger charge is 2.07. The van der Waals surface area contributed by atoms with Gasteiger partial charge in [0.1, 0.15) is 17.2 Å². The Bertz CT molecular complexity index is 309. The van der Waals surface area contributed by atoms with E-state index in [9.17, 15) is 0 Å². The van der Waals surface area contributed by atoms with Crippen molar-refractivity contribution in [2.24, 2.45) is 0 Å². The minimum absolute atomic E-state index is 0.136. The van der Waals surface area contributed by atoms with Crippen LogP contribution in [0.25, 0.3) is 0 Å². The van der Waals surface area contributed by atoms with Crippen LogP contribution in [0.5, 0.6) is 0 Å². The van der Waals surface area contributed by atoms with Gasteiger partial charge in [0.05, 0.1) is 6.20 Å². The summed E-state index contributed by atoms with van der Waals surface area (Å²) in [7, 11) is 0. The molecule has 15 heavy (non-hydrogen) atoms. The summed E-state index contributed by atoms with van der Waals surface area (Å²) in [6.07, 6.45) is 3.06. The van der Waals surface area contributed by atoms with Gasteiger partial charge in [0.2, 0.25) is 0 Å². The van der Waals surface area contributed by atoms with Crippen LogP contribution in [0.4, 0.5) is 5.82 Å². The van der Waals surface area contributed by atoms with Gasteiger partial charge in [0, 0.05) is 18.6 Å². The Hall–Kier alpha value is -0.870. The second-order valence-electron chi connectivity index (χ2n) is 4.32. The van der Waals surface area contributed by atoms with E-state index < -0.39 is 0 Å². The molecule has 2 N–H and O–H groups in total. The van der Waals surface area contributed by atoms with E-state index in [-0.39, 0.29) is 5.54 Å². The van der Waals surface area contributed by atoms with E-state index in [2.05, 4.69) is 41.4 Å². The highest BCUT2D eigenvalue weighted by Crippen LogP contribution is 2.15. The van der Waals surface area contributed by atoms with Crippen LogP contribution in [-0.4, -0.2) is 28.6 Å². The maximum absolute atomic E-state index is 5.89. The van der Waals surface area contributed by atoms with Crippen molar-refractivity contribution in [2.45, 2.75) is 26.3 Å². The minimum atomic E-state index is 0.136. The Morgan fingerprint density at radius 2 is 2.07 bits per heavy atom. The third-order valence-electron chi connectivity index (χ3n) is 1.74. The summed E-state index contributed by atoms with van der Waals surface area (Å²) in [6.45, 7) is 8.04. The molecule has 1 aromatic heterocycles. The topological polar surface area (TPSA) is 49.8 Å². The first kappa shape index (κ1) is 12.2. The normalized spacial score (nSPS) is 11.5. The molecular weight excluding hydrogens is 212 g/mol. The van der Waals surface area contributed by atoms with Crippen molar-refractivity contribution < 1.29 is 0 Å². The van der Waals surface area contributed by atoms with Crippen LogP contribution in [-0.2, 0) is 0 Å². The number of aromatic nitrogens is 2. The molecule has 0 aliphatic carbocycles. The molecule has 5 heteroatoms. The number of hydrogen-bond donors (Lipinski definition) is 2. The van der Waals surface area contributed by atoms with Crippen molar-refractivity contribution >= 4 is 17.4 Å². The van der Waals surface area contributed by atoms with E-state index in [0.29, 0.717) is 10.8 Å². The maximum Gasteiger partial charge on any atom is 0.148 e. The van der Waals surface area contributed by atoms with Gasteiger partial charge < -0.3 is 10.6 Å². The number of halogens is 1. The summed E-state index contributed by atoms with van der Waals surface area (Å²) in [5.74, 6) is 0.683. The first-order valence-electron chi connectivity index (χ1n) is 4.93. The molecular formula is C10H17ClN4. The summed E-state index contributed by atoms with van der Waals surface area (Å²) >= 11 is 5.89. The van der Waals surface area contributed by atoms with E-state index in [1.165, 1.54) is 6.33 Å². The molecule has 0 spiro atoms. The zero-order chi connectivity index (χ0) is 11.3. The Morgan fingerprint density at radius 1 is 1.33 bits per heavy atom. The van der Waals surface area contributed by atoms with Gasteiger partial charge in [-0.25, -0.2) is 9.97 Å². The van der Waals surface area contributed by atoms with Crippen LogP contribution in [0.3, 0.4) is 0 Å². The molecule has 0 saturated heterocycles. The van der Waals surface area contributed by atoms with E-state index in [0.717, 1.165) is 13.1 Å². The van der Waals surface area contributed by atoms with Crippen molar-refractivity contribution in [3.8, 4) is 0 Å². The Labute approximate surface area is 95.5 Å². The van der Waals surface area contributed by atoms with Gasteiger partial charge in [-0.05, 0) is 20.8 Å². The molecule has 84 valence electrons. The minimum Gasteiger partial charge on any atom is -0.367 e. The lowest BCUT2D eigenvalue weighted by molar-refractivity contribution is 0.435. The van der Waals surface area contributed by atoms with Crippen molar-refractivity contribution in [2.75, 3.05) is 18.4 Å². The molecule has 0 radical (unpaired) electrons. The lowest BCUT2D eigenvalue weighted by Crippen LogP contribution is -2.38. The Morgan fingerprint density at radius 3 is 2.67 bits per heavy atom. The van der Waals surface area contributed by atoms with Crippen LogP contribution in [0.1, 0.15) is 20.8 Å². The SMILES string of the molecule is CC(C)(C)NCCNc1ncncc1Cl. The first-order valence-corrected chi connectivity index (χ1v) is 5.31. The van der Waals surface area contributed by atoms with Crippen molar-refractivity contribution in [3.05, 3.63) is 17.5 Å². The highest BCUT2D eigenvalue weighted by atomic mass is 35.5. The summed E-state index contributed by atoms with van der Waals surface area (Å²) in [6, 6.07) is 0. The standard InChI is InChI=1S/C10H17ClN4/c1-10(2,3)15-5-4-13-9-8(11)6-12-7-14-9/h6-7,15H,4-5H2,1-3H3,(H,12,13,14). The summed E-state index contributed by atoms with van der Waals surface area (Å²) < 4.78 is 0. The van der Waals surface area contributed by atoms with Crippen LogP contribution in [0, 0.1) is 0 Å². The highest BCUT2D eigenvalue weighted by molar-refractivity contribution is 6.32. The molecule has 0 bridgehead atoms. The van der Waals surface area contributed by atoms with Gasteiger partial charge in [-0.15, -0.1) is 0 Å². The summed E-state index contributed by atoms with van der Waals surface area (Å²) in [5, 5.41) is 7.05. The third-order valence-corrected chi connectivity index (χ3v) is 2.02. The second-order valence-corrected chi connectivity index (χ2v) is 4.73. The van der Waals surface area contributed by atoms with E-state index in [4.69, 9.17) is 11.6 Å². The van der Waals surface area contributed by atoms with Crippen LogP contribution < -0.4 is 10.6 Å². The molecule has 0 saturated carbocycles. The van der Waals surface area contributed by atoms with Gasteiger partial charge in [0.25, 0.3) is 0 Å². The fraction of sp³-hybridized carbons (Fsp3) is 0.600. The quantitative estimate of drug-likeness (QED) is 0.774. The molecule has 1 aromatic rings. The van der Waals surface area contributed by atoms with Gasteiger partial charge in [-0.3, -0.25) is 0 Å². The molecule has 0 atom stereocenters. The molecule has 0 aliphatic heterocycles. The number of hydrogen-bond acceptors (Lipinski definition) is 4. The molecule has 4 nitrogen and oxygen atoms in total. The van der Waals surface area contributed by atoms with Crippen LogP contribution >= 0.6 is 11.6 Å². The zero-order valence-electron chi connectivity index (χ0n) is 9.34. The molecule has 0 amide bonds. The van der Waals surface area contributed by atoms with Crippen LogP contribution in [0.15, 0.2) is 12.5 Å².